The third-order valence-corrected chi connectivity index (χ3v) is 24.4. The van der Waals surface area contributed by atoms with Gasteiger partial charge in [-0.3, -0.25) is 0 Å². The van der Waals surface area contributed by atoms with Gasteiger partial charge in [0, 0.05) is 13.2 Å². The highest BCUT2D eigenvalue weighted by atomic mass is 16.5. The summed E-state index contributed by atoms with van der Waals surface area (Å²) in [5, 5.41) is 17.8. The van der Waals surface area contributed by atoms with Crippen LogP contribution in [0.4, 0.5) is 0 Å². The topological polar surface area (TPSA) is 114 Å². The number of aliphatic hydroxyl groups excluding tert-OH is 2. The molecule has 0 atom stereocenters. The predicted molar refractivity (Wildman–Crippen MR) is 585 cm³/mol. The standard InChI is InChI=1S/C128H146O10/c129-95-21-11-1-3-13-23-97-131-121-79-63-113(64-80-121)55-47-105-31-35-107(36-32-105)49-57-115-67-83-123(84-68-115)133-99-25-15-5-7-17-27-101-135-125-87-71-117(72-88-125)59-51-109-39-43-111(44-40-109)53-61-119-75-91-127(92-76-119)137-103-29-19-9-10-20-30-104-138-128-93-77-120(78-94-128)62-54-112-45-41-110(42-46-112)52-60-118-73-89-126(90-74-118)136-102-28-18-8-6-16-26-100-134-124-85-69-116(70-86-124)58-50-108-37-33-106(34-38-108)48-56-114-65-81-122(82-66-114)132-98-24-14-4-2-12-22-96-130/h31-94,129-130H,1-30,95-104H2/b55-47+,56-48+,57-49+,58-50+,59-51+,60-52+,61-53+,62-54+. The lowest BCUT2D eigenvalue weighted by Crippen LogP contribution is -1.98. The minimum atomic E-state index is 0.299. The maximum Gasteiger partial charge on any atom is 0.119 e. The highest BCUT2D eigenvalue weighted by molar-refractivity contribution is 5.78. The fraction of sp³-hybridized carbons (Fsp3) is 0.312. The van der Waals surface area contributed by atoms with Gasteiger partial charge in [-0.15, -0.1) is 0 Å². The van der Waals surface area contributed by atoms with Crippen molar-refractivity contribution in [3.05, 3.63) is 380 Å². The molecule has 10 nitrogen and oxygen atoms in total. The Morgan fingerprint density at radius 1 is 0.109 bits per heavy atom. The molecule has 0 spiro atoms. The molecule has 0 aromatic heterocycles. The monoisotopic (exact) mass is 1840 g/mol. The van der Waals surface area contributed by atoms with Crippen molar-refractivity contribution in [1.29, 1.82) is 0 Å². The molecule has 138 heavy (non-hydrogen) atoms. The second-order valence-electron chi connectivity index (χ2n) is 35.7. The lowest BCUT2D eigenvalue weighted by atomic mass is 10.1. The number of ether oxygens (including phenoxy) is 8. The van der Waals surface area contributed by atoms with E-state index in [1.807, 2.05) is 24.3 Å². The van der Waals surface area contributed by atoms with Crippen molar-refractivity contribution in [3.8, 4) is 46.0 Å². The maximum absolute atomic E-state index is 8.92. The van der Waals surface area contributed by atoms with Gasteiger partial charge in [-0.2, -0.15) is 0 Å². The van der Waals surface area contributed by atoms with Crippen molar-refractivity contribution in [3.63, 3.8) is 0 Å². The second kappa shape index (κ2) is 64.1. The van der Waals surface area contributed by atoms with E-state index in [-0.39, 0.29) is 0 Å². The van der Waals surface area contributed by atoms with Crippen LogP contribution in [0.3, 0.4) is 0 Å². The Labute approximate surface area is 824 Å². The first-order valence-corrected chi connectivity index (χ1v) is 51.2. The Balaban J connectivity index is 0.413. The fourth-order valence-electron chi connectivity index (χ4n) is 15.9. The Morgan fingerprint density at radius 2 is 0.188 bits per heavy atom. The molecule has 0 fully saturated rings. The quantitative estimate of drug-likeness (QED) is 0.0282. The average molecular weight is 1840 g/mol. The summed E-state index contributed by atoms with van der Waals surface area (Å²) in [4.78, 5) is 0. The van der Waals surface area contributed by atoms with Gasteiger partial charge < -0.3 is 48.1 Å². The number of benzene rings is 12. The highest BCUT2D eigenvalue weighted by Crippen LogP contribution is 2.28. The van der Waals surface area contributed by atoms with Crippen LogP contribution < -0.4 is 37.9 Å². The van der Waals surface area contributed by atoms with Crippen molar-refractivity contribution >= 4 is 97.2 Å². The van der Waals surface area contributed by atoms with Crippen LogP contribution in [0.1, 0.15) is 282 Å². The van der Waals surface area contributed by atoms with E-state index in [1.165, 1.54) is 77.0 Å². The van der Waals surface area contributed by atoms with E-state index in [4.69, 9.17) is 48.1 Å². The number of hydrogen-bond donors (Lipinski definition) is 2. The van der Waals surface area contributed by atoms with Gasteiger partial charge in [0.25, 0.3) is 0 Å². The third kappa shape index (κ3) is 43.1. The average Bonchev–Trinajstić information content (AvgIpc) is 0.910. The highest BCUT2D eigenvalue weighted by Gasteiger charge is 2.08. The van der Waals surface area contributed by atoms with Crippen LogP contribution in [0.25, 0.3) is 97.2 Å². The van der Waals surface area contributed by atoms with Gasteiger partial charge in [-0.05, 0) is 250 Å². The zero-order valence-corrected chi connectivity index (χ0v) is 81.4. The van der Waals surface area contributed by atoms with Gasteiger partial charge in [0.2, 0.25) is 0 Å². The maximum atomic E-state index is 8.92. The lowest BCUT2D eigenvalue weighted by Gasteiger charge is -2.08. The van der Waals surface area contributed by atoms with E-state index in [1.54, 1.807) is 0 Å². The van der Waals surface area contributed by atoms with E-state index in [2.05, 4.69) is 364 Å². The van der Waals surface area contributed by atoms with Gasteiger partial charge >= 0.3 is 0 Å². The molecule has 718 valence electrons. The summed E-state index contributed by atoms with van der Waals surface area (Å²) in [6.45, 7) is 6.48. The first-order valence-electron chi connectivity index (χ1n) is 51.2. The molecule has 0 saturated heterocycles. The summed E-state index contributed by atoms with van der Waals surface area (Å²) in [6, 6.07) is 101. The first kappa shape index (κ1) is 104. The zero-order chi connectivity index (χ0) is 95.1. The molecule has 12 aromatic rings. The smallest absolute Gasteiger partial charge is 0.119 e. The summed E-state index contributed by atoms with van der Waals surface area (Å²) in [5.74, 6) is 7.32. The van der Waals surface area contributed by atoms with Gasteiger partial charge in [0.15, 0.2) is 0 Å². The molecule has 0 radical (unpaired) electrons. The summed E-state index contributed by atoms with van der Waals surface area (Å²) in [6.07, 6.45) is 68.2. The Hall–Kier alpha value is -13.1. The second-order valence-corrected chi connectivity index (χ2v) is 35.7. The largest absolute Gasteiger partial charge is 0.494 e. The van der Waals surface area contributed by atoms with Gasteiger partial charge in [-0.25, -0.2) is 0 Å². The van der Waals surface area contributed by atoms with Crippen LogP contribution >= 0.6 is 0 Å². The molecular weight excluding hydrogens is 1700 g/mol. The summed E-state index contributed by atoms with van der Waals surface area (Å²) >= 11 is 0. The van der Waals surface area contributed by atoms with Crippen LogP contribution in [0.15, 0.2) is 291 Å². The molecule has 0 unspecified atom stereocenters. The number of rotatable bonds is 67. The van der Waals surface area contributed by atoms with Crippen molar-refractivity contribution in [2.75, 3.05) is 66.1 Å². The van der Waals surface area contributed by atoms with Crippen LogP contribution in [0, 0.1) is 0 Å². The van der Waals surface area contributed by atoms with Crippen LogP contribution in [-0.2, 0) is 0 Å². The summed E-state index contributed by atoms with van der Waals surface area (Å²) < 4.78 is 48.4. The van der Waals surface area contributed by atoms with E-state index in [0.29, 0.717) is 13.2 Å². The fourth-order valence-corrected chi connectivity index (χ4v) is 15.9. The molecular formula is C128H146O10. The summed E-state index contributed by atoms with van der Waals surface area (Å²) in [7, 11) is 0. The van der Waals surface area contributed by atoms with Crippen molar-refractivity contribution in [1.82, 2.24) is 0 Å². The first-order chi connectivity index (χ1) is 68.3. The molecule has 0 bridgehead atoms. The molecule has 0 amide bonds. The van der Waals surface area contributed by atoms with Gasteiger partial charge in [0.05, 0.1) is 52.9 Å². The molecule has 0 aliphatic rings. The Bertz CT molecular complexity index is 5100. The predicted octanol–water partition coefficient (Wildman–Crippen LogP) is 33.9. The van der Waals surface area contributed by atoms with Crippen LogP contribution in [0.2, 0.25) is 0 Å². The number of unbranched alkanes of at least 4 members (excludes halogenated alkanes) is 25. The zero-order valence-electron chi connectivity index (χ0n) is 81.4. The van der Waals surface area contributed by atoms with E-state index < -0.39 is 0 Å². The molecule has 12 aromatic carbocycles. The van der Waals surface area contributed by atoms with E-state index >= 15 is 0 Å². The van der Waals surface area contributed by atoms with E-state index in [9.17, 15) is 0 Å². The Kier molecular flexibility index (Phi) is 48.2. The molecule has 0 heterocycles. The van der Waals surface area contributed by atoms with Gasteiger partial charge in [0.1, 0.15) is 46.0 Å². The SMILES string of the molecule is OCCCCCCCCOc1ccc(/C=C/c2ccc(/C=C/c3ccc(OCCCCCCCCOc4ccc(/C=C/c5ccc(/C=C/c6ccc(OCCCCCCCCOc7ccc(/C=C/c8ccc(/C=C/c9ccc(OCCCCCCCCOc%10ccc(/C=C/c%11ccc(/C=C/c%12ccc(OCCCCCCCCO)cc%12)cc%11)cc%10)cc9)cc8)cc7)cc6)cc5)cc4)cc3)cc2)cc1. The van der Waals surface area contributed by atoms with Crippen LogP contribution in [0.5, 0.6) is 46.0 Å². The van der Waals surface area contributed by atoms with Gasteiger partial charge in [-0.1, -0.05) is 420 Å². The molecule has 0 saturated carbocycles. The van der Waals surface area contributed by atoms with Crippen molar-refractivity contribution < 1.29 is 48.1 Å². The van der Waals surface area contributed by atoms with Crippen molar-refractivity contribution in [2.45, 2.75) is 193 Å². The minimum absolute atomic E-state index is 0.299. The molecule has 0 aliphatic carbocycles. The minimum Gasteiger partial charge on any atom is -0.494 e. The molecule has 12 rings (SSSR count). The molecule has 2 N–H and O–H groups in total. The lowest BCUT2D eigenvalue weighted by molar-refractivity contribution is 0.280. The normalized spacial score (nSPS) is 11.8. The number of aliphatic hydroxyl groups is 2. The van der Waals surface area contributed by atoms with E-state index in [0.717, 1.165) is 303 Å². The van der Waals surface area contributed by atoms with Crippen LogP contribution in [-0.4, -0.2) is 76.3 Å². The van der Waals surface area contributed by atoms with Crippen molar-refractivity contribution in [2.24, 2.45) is 0 Å². The Morgan fingerprint density at radius 3 is 0.283 bits per heavy atom. The number of hydrogen-bond acceptors (Lipinski definition) is 10. The summed E-state index contributed by atoms with van der Waals surface area (Å²) in [5.41, 5.74) is 18.4. The third-order valence-electron chi connectivity index (χ3n) is 24.4. The molecule has 0 aliphatic heterocycles. The molecule has 10 heteroatoms.